The number of hydrogen-bond acceptors (Lipinski definition) is 3. The first kappa shape index (κ1) is 9.55. The van der Waals surface area contributed by atoms with Gasteiger partial charge in [-0.05, 0) is 5.92 Å². The Morgan fingerprint density at radius 3 is 2.85 bits per heavy atom. The zero-order valence-corrected chi connectivity index (χ0v) is 7.03. The maximum Gasteiger partial charge on any atom is 0.298 e. The first-order chi connectivity index (χ1) is 6.15. The highest BCUT2D eigenvalue weighted by Gasteiger charge is 2.26. The summed E-state index contributed by atoms with van der Waals surface area (Å²) in [5.41, 5.74) is 5.02. The highest BCUT2D eigenvalue weighted by Crippen LogP contribution is 2.04. The van der Waals surface area contributed by atoms with Gasteiger partial charge in [0.15, 0.2) is 6.10 Å². The zero-order valence-electron chi connectivity index (χ0n) is 7.03. The molecule has 13 heavy (non-hydrogen) atoms. The number of primary amides is 1. The Morgan fingerprint density at radius 1 is 1.62 bits per heavy atom. The van der Waals surface area contributed by atoms with E-state index in [0.717, 1.165) is 0 Å². The van der Waals surface area contributed by atoms with Crippen LogP contribution in [0.1, 0.15) is 0 Å². The van der Waals surface area contributed by atoms with Crippen molar-refractivity contribution in [2.75, 3.05) is 19.7 Å². The lowest BCUT2D eigenvalue weighted by molar-refractivity contribution is -0.142. The van der Waals surface area contributed by atoms with Crippen LogP contribution >= 0.6 is 0 Å². The molecule has 0 aromatic heterocycles. The van der Waals surface area contributed by atoms with Gasteiger partial charge in [0.2, 0.25) is 5.91 Å². The van der Waals surface area contributed by atoms with Gasteiger partial charge in [-0.25, -0.2) is 0 Å². The van der Waals surface area contributed by atoms with Crippen molar-refractivity contribution < 1.29 is 14.3 Å². The van der Waals surface area contributed by atoms with Gasteiger partial charge < -0.3 is 15.4 Å². The van der Waals surface area contributed by atoms with Crippen LogP contribution in [0.25, 0.3) is 0 Å². The number of ether oxygens (including phenoxy) is 1. The molecule has 0 spiro atoms. The molecule has 0 radical (unpaired) electrons. The normalized spacial score (nSPS) is 22.1. The molecular weight excluding hydrogens is 172 g/mol. The van der Waals surface area contributed by atoms with Crippen LogP contribution in [0.4, 0.5) is 0 Å². The van der Waals surface area contributed by atoms with Gasteiger partial charge in [0.1, 0.15) is 0 Å². The SMILES string of the molecule is C#CC(=O)N1CCOC(C(N)=O)C1. The third kappa shape index (κ3) is 2.20. The number of carbonyl (C=O) groups excluding carboxylic acids is 2. The van der Waals surface area contributed by atoms with Gasteiger partial charge in [-0.1, -0.05) is 0 Å². The Labute approximate surface area is 75.8 Å². The second-order valence-electron chi connectivity index (χ2n) is 2.66. The average Bonchev–Trinajstić information content (AvgIpc) is 2.17. The van der Waals surface area contributed by atoms with Gasteiger partial charge in [0, 0.05) is 6.54 Å². The fourth-order valence-corrected chi connectivity index (χ4v) is 1.10. The molecule has 0 aromatic rings. The molecule has 70 valence electrons. The van der Waals surface area contributed by atoms with Crippen LogP contribution in [0.5, 0.6) is 0 Å². The minimum Gasteiger partial charge on any atom is -0.367 e. The number of nitrogens with zero attached hydrogens (tertiary/aromatic N) is 1. The first-order valence-electron chi connectivity index (χ1n) is 3.81. The number of rotatable bonds is 1. The predicted molar refractivity (Wildman–Crippen MR) is 44.3 cm³/mol. The number of nitrogens with two attached hydrogens (primary N) is 1. The van der Waals surface area contributed by atoms with Crippen molar-refractivity contribution in [3.63, 3.8) is 0 Å². The third-order valence-corrected chi connectivity index (χ3v) is 1.79. The summed E-state index contributed by atoms with van der Waals surface area (Å²) in [4.78, 5) is 23.1. The van der Waals surface area contributed by atoms with E-state index >= 15 is 0 Å². The fourth-order valence-electron chi connectivity index (χ4n) is 1.10. The number of morpholine rings is 1. The second-order valence-corrected chi connectivity index (χ2v) is 2.66. The maximum absolute atomic E-state index is 11.0. The Bertz CT molecular complexity index is 269. The Kier molecular flexibility index (Phi) is 2.88. The molecule has 5 nitrogen and oxygen atoms in total. The molecule has 2 N–H and O–H groups in total. The third-order valence-electron chi connectivity index (χ3n) is 1.79. The number of hydrogen-bond donors (Lipinski definition) is 1. The van der Waals surface area contributed by atoms with E-state index in [0.29, 0.717) is 13.2 Å². The maximum atomic E-state index is 11.0. The van der Waals surface area contributed by atoms with E-state index in [2.05, 4.69) is 0 Å². The van der Waals surface area contributed by atoms with E-state index in [4.69, 9.17) is 16.9 Å². The van der Waals surface area contributed by atoms with Crippen molar-refractivity contribution in [2.45, 2.75) is 6.10 Å². The summed E-state index contributed by atoms with van der Waals surface area (Å²) in [5, 5.41) is 0. The Hall–Kier alpha value is -1.54. The van der Waals surface area contributed by atoms with Crippen LogP contribution in [0.2, 0.25) is 0 Å². The summed E-state index contributed by atoms with van der Waals surface area (Å²) in [5.74, 6) is 0.963. The molecule has 1 unspecified atom stereocenters. The monoisotopic (exact) mass is 182 g/mol. The molecule has 5 heteroatoms. The minimum absolute atomic E-state index is 0.151. The highest BCUT2D eigenvalue weighted by molar-refractivity contribution is 5.93. The van der Waals surface area contributed by atoms with Gasteiger partial charge in [0.25, 0.3) is 5.91 Å². The van der Waals surface area contributed by atoms with E-state index in [1.165, 1.54) is 4.90 Å². The van der Waals surface area contributed by atoms with Crippen LogP contribution in [-0.2, 0) is 14.3 Å². The van der Waals surface area contributed by atoms with Crippen LogP contribution in [0.3, 0.4) is 0 Å². The lowest BCUT2D eigenvalue weighted by atomic mass is 10.2. The summed E-state index contributed by atoms with van der Waals surface area (Å²) in [6.07, 6.45) is 4.20. The van der Waals surface area contributed by atoms with Gasteiger partial charge in [-0.15, -0.1) is 6.42 Å². The van der Waals surface area contributed by atoms with Crippen molar-refractivity contribution in [1.29, 1.82) is 0 Å². The first-order valence-corrected chi connectivity index (χ1v) is 3.81. The molecule has 1 aliphatic heterocycles. The van der Waals surface area contributed by atoms with E-state index in [1.54, 1.807) is 0 Å². The highest BCUT2D eigenvalue weighted by atomic mass is 16.5. The lowest BCUT2D eigenvalue weighted by Gasteiger charge is -2.29. The fraction of sp³-hybridized carbons (Fsp3) is 0.500. The van der Waals surface area contributed by atoms with Crippen molar-refractivity contribution in [3.05, 3.63) is 0 Å². The molecule has 1 heterocycles. The van der Waals surface area contributed by atoms with Gasteiger partial charge in [-0.2, -0.15) is 0 Å². The molecule has 0 aliphatic carbocycles. The van der Waals surface area contributed by atoms with Gasteiger partial charge in [-0.3, -0.25) is 9.59 Å². The van der Waals surface area contributed by atoms with E-state index in [9.17, 15) is 9.59 Å². The smallest absolute Gasteiger partial charge is 0.298 e. The number of terminal acetylenes is 1. The molecule has 0 aromatic carbocycles. The molecule has 1 fully saturated rings. The van der Waals surface area contributed by atoms with Crippen molar-refractivity contribution >= 4 is 11.8 Å². The Morgan fingerprint density at radius 2 is 2.31 bits per heavy atom. The van der Waals surface area contributed by atoms with Crippen molar-refractivity contribution in [2.24, 2.45) is 5.73 Å². The topological polar surface area (TPSA) is 72.6 Å². The average molecular weight is 182 g/mol. The van der Waals surface area contributed by atoms with E-state index in [1.807, 2.05) is 5.92 Å². The van der Waals surface area contributed by atoms with Crippen molar-refractivity contribution in [1.82, 2.24) is 4.90 Å². The van der Waals surface area contributed by atoms with E-state index < -0.39 is 17.9 Å². The van der Waals surface area contributed by atoms with Crippen molar-refractivity contribution in [3.8, 4) is 12.3 Å². The summed E-state index contributed by atoms with van der Waals surface area (Å²) >= 11 is 0. The molecule has 0 bridgehead atoms. The zero-order chi connectivity index (χ0) is 9.84. The van der Waals surface area contributed by atoms with Crippen LogP contribution in [0.15, 0.2) is 0 Å². The second kappa shape index (κ2) is 3.92. The molecule has 1 saturated heterocycles. The van der Waals surface area contributed by atoms with Crippen LogP contribution in [0, 0.1) is 12.3 Å². The quantitative estimate of drug-likeness (QED) is 0.493. The molecule has 1 rings (SSSR count). The van der Waals surface area contributed by atoms with Gasteiger partial charge >= 0.3 is 0 Å². The number of carbonyl (C=O) groups is 2. The largest absolute Gasteiger partial charge is 0.367 e. The summed E-state index contributed by atoms with van der Waals surface area (Å²) in [7, 11) is 0. The molecular formula is C8H10N2O3. The summed E-state index contributed by atoms with van der Waals surface area (Å²) in [6.45, 7) is 0.853. The summed E-state index contributed by atoms with van der Waals surface area (Å²) < 4.78 is 5.03. The van der Waals surface area contributed by atoms with Crippen LogP contribution in [-0.4, -0.2) is 42.5 Å². The molecule has 2 amide bonds. The summed E-state index contributed by atoms with van der Waals surface area (Å²) in [6, 6.07) is 0. The molecule has 1 aliphatic rings. The standard InChI is InChI=1S/C8H10N2O3/c1-2-7(11)10-3-4-13-6(5-10)8(9)12/h1,6H,3-5H2,(H2,9,12). The van der Waals surface area contributed by atoms with E-state index in [-0.39, 0.29) is 6.54 Å². The lowest BCUT2D eigenvalue weighted by Crippen LogP contribution is -2.50. The Balaban J connectivity index is 2.57. The molecule has 1 atom stereocenters. The predicted octanol–water partition coefficient (Wildman–Crippen LogP) is -1.67. The van der Waals surface area contributed by atoms with Gasteiger partial charge in [0.05, 0.1) is 13.2 Å². The number of amides is 2. The van der Waals surface area contributed by atoms with Crippen LogP contribution < -0.4 is 5.73 Å². The molecule has 0 saturated carbocycles. The minimum atomic E-state index is -0.731.